The molecule has 1 aromatic heterocycles. The number of nitrogens with zero attached hydrogens (tertiary/aromatic N) is 5. The summed E-state index contributed by atoms with van der Waals surface area (Å²) in [6.07, 6.45) is 2.14. The van der Waals surface area contributed by atoms with Gasteiger partial charge in [0.2, 0.25) is 0 Å². The Morgan fingerprint density at radius 1 is 1.37 bits per heavy atom. The van der Waals surface area contributed by atoms with Gasteiger partial charge in [-0.15, -0.1) is 0 Å². The van der Waals surface area contributed by atoms with Crippen LogP contribution >= 0.6 is 0 Å². The van der Waals surface area contributed by atoms with Crippen LogP contribution in [0.2, 0.25) is 0 Å². The quantitative estimate of drug-likeness (QED) is 0.603. The van der Waals surface area contributed by atoms with E-state index in [2.05, 4.69) is 74.9 Å². The summed E-state index contributed by atoms with van der Waals surface area (Å²) in [5.74, 6) is 2.66. The lowest BCUT2D eigenvalue weighted by molar-refractivity contribution is 0.249. The third-order valence-corrected chi connectivity index (χ3v) is 5.11. The zero-order chi connectivity index (χ0) is 19.2. The van der Waals surface area contributed by atoms with Crippen LogP contribution in [-0.4, -0.2) is 52.3 Å². The fourth-order valence-corrected chi connectivity index (χ4v) is 3.39. The number of aryl methyl sites for hydroxylation is 2. The van der Waals surface area contributed by atoms with E-state index >= 15 is 0 Å². The highest BCUT2D eigenvalue weighted by atomic mass is 15.4. The van der Waals surface area contributed by atoms with Gasteiger partial charge in [-0.1, -0.05) is 30.3 Å². The Morgan fingerprint density at radius 2 is 2.15 bits per heavy atom. The molecule has 0 bridgehead atoms. The van der Waals surface area contributed by atoms with Crippen LogP contribution in [0, 0.1) is 6.92 Å². The summed E-state index contributed by atoms with van der Waals surface area (Å²) in [6, 6.07) is 11.1. The molecule has 0 aliphatic carbocycles. The van der Waals surface area contributed by atoms with Gasteiger partial charge in [0.15, 0.2) is 5.96 Å². The maximum absolute atomic E-state index is 4.59. The summed E-state index contributed by atoms with van der Waals surface area (Å²) in [6.45, 7) is 6.87. The molecule has 2 unspecified atom stereocenters. The van der Waals surface area contributed by atoms with Gasteiger partial charge in [-0.25, -0.2) is 9.67 Å². The number of guanidine groups is 1. The molecule has 146 valence electrons. The summed E-state index contributed by atoms with van der Waals surface area (Å²) in [4.78, 5) is 11.3. The van der Waals surface area contributed by atoms with Gasteiger partial charge in [0.05, 0.1) is 6.04 Å². The van der Waals surface area contributed by atoms with E-state index in [9.17, 15) is 0 Å². The highest BCUT2D eigenvalue weighted by Crippen LogP contribution is 2.22. The van der Waals surface area contributed by atoms with E-state index in [-0.39, 0.29) is 6.04 Å². The number of aromatic nitrogens is 3. The minimum Gasteiger partial charge on any atom is -0.355 e. The first kappa shape index (κ1) is 19.4. The first-order valence-corrected chi connectivity index (χ1v) is 9.69. The Balaban J connectivity index is 1.52. The molecule has 0 radical (unpaired) electrons. The van der Waals surface area contributed by atoms with E-state index < -0.39 is 0 Å². The standard InChI is InChI=1S/C20H31N7/c1-15(26(4)14-17-9-6-5-7-10-17)13-22-20(21-3)24-18-11-8-12-27-19(18)23-16(2)25-27/h5-7,9-10,15,18H,8,11-14H2,1-4H3,(H2,21,22,24). The molecular formula is C20H31N7. The van der Waals surface area contributed by atoms with Crippen molar-refractivity contribution in [2.75, 3.05) is 20.6 Å². The fraction of sp³-hybridized carbons (Fsp3) is 0.550. The normalized spacial score (nSPS) is 18.3. The Kier molecular flexibility index (Phi) is 6.45. The summed E-state index contributed by atoms with van der Waals surface area (Å²) < 4.78 is 2.01. The monoisotopic (exact) mass is 369 g/mol. The van der Waals surface area contributed by atoms with Gasteiger partial charge >= 0.3 is 0 Å². The van der Waals surface area contributed by atoms with Gasteiger partial charge < -0.3 is 10.6 Å². The first-order valence-electron chi connectivity index (χ1n) is 9.69. The van der Waals surface area contributed by atoms with Gasteiger partial charge in [-0.2, -0.15) is 5.10 Å². The Bertz CT molecular complexity index is 753. The highest BCUT2D eigenvalue weighted by Gasteiger charge is 2.24. The molecule has 0 amide bonds. The van der Waals surface area contributed by atoms with E-state index in [1.807, 2.05) is 18.7 Å². The van der Waals surface area contributed by atoms with E-state index in [4.69, 9.17) is 0 Å². The molecule has 2 atom stereocenters. The molecule has 0 saturated heterocycles. The SMILES string of the molecule is CN=C(NCC(C)N(C)Cc1ccccc1)NC1CCCn2nc(C)nc21. The third-order valence-electron chi connectivity index (χ3n) is 5.11. The molecular weight excluding hydrogens is 338 g/mol. The maximum Gasteiger partial charge on any atom is 0.191 e. The number of hydrogen-bond acceptors (Lipinski definition) is 4. The van der Waals surface area contributed by atoms with Crippen molar-refractivity contribution in [1.82, 2.24) is 30.3 Å². The van der Waals surface area contributed by atoms with E-state index in [0.29, 0.717) is 6.04 Å². The molecule has 27 heavy (non-hydrogen) atoms. The minimum atomic E-state index is 0.156. The second-order valence-electron chi connectivity index (χ2n) is 7.28. The molecule has 1 aliphatic heterocycles. The van der Waals surface area contributed by atoms with Crippen molar-refractivity contribution in [3.8, 4) is 0 Å². The van der Waals surface area contributed by atoms with Crippen LogP contribution in [0.4, 0.5) is 0 Å². The van der Waals surface area contributed by atoms with Crippen molar-refractivity contribution in [3.05, 3.63) is 47.5 Å². The summed E-state index contributed by atoms with van der Waals surface area (Å²) in [5, 5.41) is 11.4. The van der Waals surface area contributed by atoms with E-state index in [0.717, 1.165) is 50.1 Å². The highest BCUT2D eigenvalue weighted by molar-refractivity contribution is 5.80. The third kappa shape index (κ3) is 5.07. The molecule has 2 heterocycles. The first-order chi connectivity index (χ1) is 13.1. The van der Waals surface area contributed by atoms with E-state index in [1.54, 1.807) is 0 Å². The Labute approximate surface area is 161 Å². The van der Waals surface area contributed by atoms with Crippen molar-refractivity contribution >= 4 is 5.96 Å². The van der Waals surface area contributed by atoms with Crippen molar-refractivity contribution in [3.63, 3.8) is 0 Å². The number of fused-ring (bicyclic) bond motifs is 1. The molecule has 2 aromatic rings. The van der Waals surface area contributed by atoms with Crippen LogP contribution in [0.25, 0.3) is 0 Å². The van der Waals surface area contributed by atoms with Gasteiger partial charge in [-0.05, 0) is 39.3 Å². The summed E-state index contributed by atoms with van der Waals surface area (Å²) >= 11 is 0. The topological polar surface area (TPSA) is 70.4 Å². The lowest BCUT2D eigenvalue weighted by Crippen LogP contribution is -2.46. The second kappa shape index (κ2) is 8.99. The van der Waals surface area contributed by atoms with Crippen LogP contribution in [-0.2, 0) is 13.1 Å². The number of hydrogen-bond donors (Lipinski definition) is 2. The van der Waals surface area contributed by atoms with Gasteiger partial charge in [0.1, 0.15) is 11.6 Å². The summed E-state index contributed by atoms with van der Waals surface area (Å²) in [7, 11) is 3.97. The predicted octanol–water partition coefficient (Wildman–Crippen LogP) is 2.11. The largest absolute Gasteiger partial charge is 0.355 e. The van der Waals surface area contributed by atoms with Crippen LogP contribution in [0.1, 0.15) is 43.0 Å². The molecule has 7 heteroatoms. The smallest absolute Gasteiger partial charge is 0.191 e. The minimum absolute atomic E-state index is 0.156. The molecule has 7 nitrogen and oxygen atoms in total. The number of nitrogens with one attached hydrogen (secondary N) is 2. The molecule has 1 aromatic carbocycles. The molecule has 0 spiro atoms. The van der Waals surface area contributed by atoms with Gasteiger partial charge in [-0.3, -0.25) is 9.89 Å². The van der Waals surface area contributed by atoms with Gasteiger partial charge in [0, 0.05) is 32.7 Å². The number of benzene rings is 1. The average molecular weight is 370 g/mol. The Morgan fingerprint density at radius 3 is 2.89 bits per heavy atom. The van der Waals surface area contributed by atoms with Gasteiger partial charge in [0.25, 0.3) is 0 Å². The van der Waals surface area contributed by atoms with Crippen LogP contribution in [0.5, 0.6) is 0 Å². The zero-order valence-electron chi connectivity index (χ0n) is 16.8. The average Bonchev–Trinajstić information content (AvgIpc) is 3.06. The lowest BCUT2D eigenvalue weighted by Gasteiger charge is -2.28. The maximum atomic E-state index is 4.59. The number of rotatable bonds is 6. The summed E-state index contributed by atoms with van der Waals surface area (Å²) in [5.41, 5.74) is 1.33. The molecule has 0 fully saturated rings. The van der Waals surface area contributed by atoms with Crippen LogP contribution in [0.3, 0.4) is 0 Å². The van der Waals surface area contributed by atoms with Crippen LogP contribution < -0.4 is 10.6 Å². The van der Waals surface area contributed by atoms with E-state index in [1.165, 1.54) is 5.56 Å². The number of likely N-dealkylation sites (N-methyl/N-ethyl adjacent to an activating group) is 1. The van der Waals surface area contributed by atoms with Crippen molar-refractivity contribution in [1.29, 1.82) is 0 Å². The van der Waals surface area contributed by atoms with Crippen molar-refractivity contribution in [2.45, 2.75) is 51.9 Å². The molecule has 3 rings (SSSR count). The number of aliphatic imine (C=N–C) groups is 1. The van der Waals surface area contributed by atoms with Crippen molar-refractivity contribution < 1.29 is 0 Å². The second-order valence-corrected chi connectivity index (χ2v) is 7.28. The van der Waals surface area contributed by atoms with Crippen LogP contribution in [0.15, 0.2) is 35.3 Å². The molecule has 1 aliphatic rings. The van der Waals surface area contributed by atoms with Crippen molar-refractivity contribution in [2.24, 2.45) is 4.99 Å². The lowest BCUT2D eigenvalue weighted by atomic mass is 10.1. The fourth-order valence-electron chi connectivity index (χ4n) is 3.39. The predicted molar refractivity (Wildman–Crippen MR) is 109 cm³/mol. The zero-order valence-corrected chi connectivity index (χ0v) is 16.8. The Hall–Kier alpha value is -2.41. The molecule has 0 saturated carbocycles. The molecule has 2 N–H and O–H groups in total.